The number of para-hydroxylation sites is 2. The summed E-state index contributed by atoms with van der Waals surface area (Å²) in [7, 11) is 0. The van der Waals surface area contributed by atoms with E-state index in [1.165, 1.54) is 103 Å². The number of imidazole rings is 1. The van der Waals surface area contributed by atoms with Crippen molar-refractivity contribution < 1.29 is 0 Å². The fourth-order valence-corrected chi connectivity index (χ4v) is 9.51. The zero-order valence-electron chi connectivity index (χ0n) is 28.5. The molecule has 0 radical (unpaired) electrons. The standard InChI is InChI=1S/C50H30N2/c1-29-51-43-21-6-7-22-44(43)52(29)50-40-16-4-2-14-37(40)45(38-15-3-5-17-41(38)50)34-27-33-26-25-32-12-9-19-36-35-18-8-11-30-23-24-31-13-10-20-39(48(31)46(30)35)42(28-34)49(33)47(32)36/h2-28H,1H3. The van der Waals surface area contributed by atoms with Crippen molar-refractivity contribution in [1.29, 1.82) is 0 Å². The monoisotopic (exact) mass is 658 g/mol. The number of hydrogen-bond acceptors (Lipinski definition) is 1. The molecular formula is C50H30N2. The molecule has 0 aliphatic rings. The lowest BCUT2D eigenvalue weighted by molar-refractivity contribution is 1.02. The molecule has 240 valence electrons. The summed E-state index contributed by atoms with van der Waals surface area (Å²) in [6.07, 6.45) is 0. The van der Waals surface area contributed by atoms with Gasteiger partial charge >= 0.3 is 0 Å². The number of benzene rings is 10. The van der Waals surface area contributed by atoms with Crippen molar-refractivity contribution in [2.45, 2.75) is 6.92 Å². The van der Waals surface area contributed by atoms with Gasteiger partial charge in [0.25, 0.3) is 0 Å². The first kappa shape index (κ1) is 28.0. The topological polar surface area (TPSA) is 17.8 Å². The third-order valence-corrected chi connectivity index (χ3v) is 11.6. The average molecular weight is 659 g/mol. The summed E-state index contributed by atoms with van der Waals surface area (Å²) < 4.78 is 2.36. The Bertz CT molecular complexity index is 3410. The molecule has 0 N–H and O–H groups in total. The van der Waals surface area contributed by atoms with E-state index in [0.717, 1.165) is 16.9 Å². The van der Waals surface area contributed by atoms with Gasteiger partial charge in [0, 0.05) is 10.8 Å². The summed E-state index contributed by atoms with van der Waals surface area (Å²) in [5, 5.41) is 20.4. The average Bonchev–Trinajstić information content (AvgIpc) is 3.53. The van der Waals surface area contributed by atoms with E-state index in [0.29, 0.717) is 0 Å². The van der Waals surface area contributed by atoms with Gasteiger partial charge in [0.1, 0.15) is 5.82 Å². The molecule has 0 atom stereocenters. The fraction of sp³-hybridized carbons (Fsp3) is 0.0200. The molecule has 1 aromatic heterocycles. The van der Waals surface area contributed by atoms with E-state index < -0.39 is 0 Å². The van der Waals surface area contributed by atoms with E-state index in [2.05, 4.69) is 175 Å². The fourth-order valence-electron chi connectivity index (χ4n) is 9.51. The first-order valence-electron chi connectivity index (χ1n) is 18.1. The molecule has 0 saturated carbocycles. The van der Waals surface area contributed by atoms with E-state index in [1.54, 1.807) is 0 Å². The summed E-state index contributed by atoms with van der Waals surface area (Å²) in [4.78, 5) is 5.00. The Balaban J connectivity index is 1.31. The SMILES string of the molecule is Cc1nc2ccccc2n1-c1c2ccccc2c(-c2cc3ccc4cccc5c6cccc7ccc8cccc(c(c2)c3c45)c8c76)c2ccccc12. The first-order valence-corrected chi connectivity index (χ1v) is 18.1. The van der Waals surface area contributed by atoms with Gasteiger partial charge in [-0.15, -0.1) is 0 Å². The van der Waals surface area contributed by atoms with Crippen molar-refractivity contribution in [3.05, 3.63) is 170 Å². The molecule has 11 aromatic carbocycles. The van der Waals surface area contributed by atoms with Gasteiger partial charge in [-0.25, -0.2) is 4.98 Å². The van der Waals surface area contributed by atoms with Crippen LogP contribution >= 0.6 is 0 Å². The second-order valence-electron chi connectivity index (χ2n) is 14.3. The lowest BCUT2D eigenvalue weighted by Crippen LogP contribution is -2.01. The molecule has 0 saturated heterocycles. The van der Waals surface area contributed by atoms with Crippen LogP contribution in [-0.2, 0) is 0 Å². The second-order valence-corrected chi connectivity index (χ2v) is 14.3. The summed E-state index contributed by atoms with van der Waals surface area (Å²) in [6, 6.07) is 61.0. The number of aryl methyl sites for hydroxylation is 1. The number of nitrogens with zero attached hydrogens (tertiary/aromatic N) is 2. The highest BCUT2D eigenvalue weighted by molar-refractivity contribution is 6.37. The van der Waals surface area contributed by atoms with E-state index >= 15 is 0 Å². The minimum Gasteiger partial charge on any atom is -0.295 e. The van der Waals surface area contributed by atoms with Crippen molar-refractivity contribution in [1.82, 2.24) is 9.55 Å². The Labute approximate surface area is 299 Å². The van der Waals surface area contributed by atoms with Crippen molar-refractivity contribution in [2.24, 2.45) is 0 Å². The normalized spacial score (nSPS) is 12.3. The van der Waals surface area contributed by atoms with Crippen molar-refractivity contribution >= 4 is 97.2 Å². The van der Waals surface area contributed by atoms with Gasteiger partial charge in [0.15, 0.2) is 0 Å². The molecule has 0 amide bonds. The molecule has 1 heterocycles. The van der Waals surface area contributed by atoms with Crippen LogP contribution < -0.4 is 0 Å². The molecule has 0 fully saturated rings. The largest absolute Gasteiger partial charge is 0.295 e. The quantitative estimate of drug-likeness (QED) is 0.133. The van der Waals surface area contributed by atoms with Crippen LogP contribution in [0.5, 0.6) is 0 Å². The number of fused-ring (bicyclic) bond motifs is 5. The van der Waals surface area contributed by atoms with Gasteiger partial charge in [0.2, 0.25) is 0 Å². The van der Waals surface area contributed by atoms with Crippen molar-refractivity contribution in [3.63, 3.8) is 0 Å². The molecule has 2 nitrogen and oxygen atoms in total. The Morgan fingerprint density at radius 3 is 1.44 bits per heavy atom. The molecule has 0 aliphatic heterocycles. The number of aromatic nitrogens is 2. The highest BCUT2D eigenvalue weighted by Crippen LogP contribution is 2.47. The van der Waals surface area contributed by atoms with Gasteiger partial charge < -0.3 is 0 Å². The molecule has 0 aliphatic carbocycles. The number of rotatable bonds is 2. The number of hydrogen-bond donors (Lipinski definition) is 0. The lowest BCUT2D eigenvalue weighted by atomic mass is 9.85. The Morgan fingerprint density at radius 2 is 0.846 bits per heavy atom. The Morgan fingerprint density at radius 1 is 0.385 bits per heavy atom. The molecular weight excluding hydrogens is 629 g/mol. The van der Waals surface area contributed by atoms with Gasteiger partial charge in [-0.2, -0.15) is 0 Å². The first-order chi connectivity index (χ1) is 25.7. The third-order valence-electron chi connectivity index (χ3n) is 11.6. The molecule has 52 heavy (non-hydrogen) atoms. The highest BCUT2D eigenvalue weighted by atomic mass is 15.1. The van der Waals surface area contributed by atoms with Gasteiger partial charge in [-0.3, -0.25) is 4.57 Å². The minimum absolute atomic E-state index is 0.983. The lowest BCUT2D eigenvalue weighted by Gasteiger charge is -2.20. The van der Waals surface area contributed by atoms with Crippen LogP contribution in [0.1, 0.15) is 5.82 Å². The molecule has 12 aromatic rings. The molecule has 0 unspecified atom stereocenters. The van der Waals surface area contributed by atoms with Crippen molar-refractivity contribution in [3.8, 4) is 16.8 Å². The van der Waals surface area contributed by atoms with Gasteiger partial charge in [0.05, 0.1) is 16.7 Å². The predicted molar refractivity (Wildman–Crippen MR) is 222 cm³/mol. The maximum absolute atomic E-state index is 5.00. The molecule has 0 bridgehead atoms. The van der Waals surface area contributed by atoms with Crippen molar-refractivity contribution in [2.75, 3.05) is 0 Å². The highest BCUT2D eigenvalue weighted by Gasteiger charge is 2.21. The van der Waals surface area contributed by atoms with Gasteiger partial charge in [-0.05, 0) is 118 Å². The maximum Gasteiger partial charge on any atom is 0.111 e. The third kappa shape index (κ3) is 3.61. The summed E-state index contributed by atoms with van der Waals surface area (Å²) in [6.45, 7) is 2.12. The second kappa shape index (κ2) is 10.2. The predicted octanol–water partition coefficient (Wildman–Crippen LogP) is 13.7. The van der Waals surface area contributed by atoms with E-state index in [9.17, 15) is 0 Å². The van der Waals surface area contributed by atoms with Crippen LogP contribution in [0.2, 0.25) is 0 Å². The van der Waals surface area contributed by atoms with Crippen LogP contribution in [0.15, 0.2) is 164 Å². The van der Waals surface area contributed by atoms with E-state index in [-0.39, 0.29) is 0 Å². The molecule has 0 spiro atoms. The minimum atomic E-state index is 0.983. The summed E-state index contributed by atoms with van der Waals surface area (Å²) in [5.41, 5.74) is 5.80. The molecule has 2 heteroatoms. The van der Waals surface area contributed by atoms with Crippen LogP contribution in [0, 0.1) is 6.92 Å². The smallest absolute Gasteiger partial charge is 0.111 e. The Hall–Kier alpha value is -6.77. The van der Waals surface area contributed by atoms with Crippen LogP contribution in [0.3, 0.4) is 0 Å². The summed E-state index contributed by atoms with van der Waals surface area (Å²) >= 11 is 0. The zero-order valence-corrected chi connectivity index (χ0v) is 28.5. The van der Waals surface area contributed by atoms with Crippen LogP contribution in [0.25, 0.3) is 114 Å². The van der Waals surface area contributed by atoms with E-state index in [1.807, 2.05) is 0 Å². The molecule has 12 rings (SSSR count). The Kier molecular flexibility index (Phi) is 5.46. The summed E-state index contributed by atoms with van der Waals surface area (Å²) in [5.74, 6) is 0.983. The maximum atomic E-state index is 5.00. The van der Waals surface area contributed by atoms with E-state index in [4.69, 9.17) is 4.98 Å². The zero-order chi connectivity index (χ0) is 34.1. The van der Waals surface area contributed by atoms with Crippen LogP contribution in [-0.4, -0.2) is 9.55 Å². The van der Waals surface area contributed by atoms with Crippen LogP contribution in [0.4, 0.5) is 0 Å². The van der Waals surface area contributed by atoms with Gasteiger partial charge in [-0.1, -0.05) is 140 Å².